The van der Waals surface area contributed by atoms with Crippen LogP contribution < -0.4 is 19.5 Å². The first-order chi connectivity index (χ1) is 16.0. The van der Waals surface area contributed by atoms with Crippen molar-refractivity contribution >= 4 is 17.3 Å². The van der Waals surface area contributed by atoms with Gasteiger partial charge in [0.05, 0.1) is 27.0 Å². The van der Waals surface area contributed by atoms with Crippen LogP contribution in [0, 0.1) is 0 Å². The van der Waals surface area contributed by atoms with Crippen LogP contribution in [0.5, 0.6) is 17.2 Å². The summed E-state index contributed by atoms with van der Waals surface area (Å²) in [6.07, 6.45) is 11.8. The third kappa shape index (κ3) is 7.27. The van der Waals surface area contributed by atoms with Crippen LogP contribution in [0.4, 0.5) is 5.69 Å². The van der Waals surface area contributed by atoms with Gasteiger partial charge in [-0.2, -0.15) is 0 Å². The Balaban J connectivity index is 2.03. The van der Waals surface area contributed by atoms with Gasteiger partial charge in [-0.05, 0) is 12.8 Å². The number of allylic oxidation sites excluding steroid dienone is 2. The predicted octanol–water partition coefficient (Wildman–Crippen LogP) is 5.89. The molecule has 0 unspecified atom stereocenters. The van der Waals surface area contributed by atoms with Crippen LogP contribution in [-0.2, 0) is 9.59 Å². The molecule has 2 rings (SSSR count). The monoisotopic (exact) mass is 459 g/mol. The number of carbonyl (C=O) groups excluding carboxylic acids is 2. The highest BCUT2D eigenvalue weighted by Crippen LogP contribution is 2.40. The van der Waals surface area contributed by atoms with Crippen molar-refractivity contribution in [2.45, 2.75) is 71.1 Å². The van der Waals surface area contributed by atoms with Crippen molar-refractivity contribution < 1.29 is 28.9 Å². The summed E-state index contributed by atoms with van der Waals surface area (Å²) in [5.74, 6) is -0.183. The number of rotatable bonds is 15. The molecule has 1 aliphatic rings. The van der Waals surface area contributed by atoms with Gasteiger partial charge in [-0.15, -0.1) is 0 Å². The largest absolute Gasteiger partial charge is 0.505 e. The van der Waals surface area contributed by atoms with Gasteiger partial charge in [0.25, 0.3) is 0 Å². The zero-order valence-electron chi connectivity index (χ0n) is 20.3. The minimum Gasteiger partial charge on any atom is -0.505 e. The van der Waals surface area contributed by atoms with E-state index >= 15 is 0 Å². The number of methoxy groups -OCH3 is 3. The smallest absolute Gasteiger partial charge is 0.232 e. The summed E-state index contributed by atoms with van der Waals surface area (Å²) in [4.78, 5) is 24.7. The van der Waals surface area contributed by atoms with Crippen LogP contribution in [0.25, 0.3) is 0 Å². The standard InChI is InChI=1S/C26H37NO6/c1-5-6-7-8-9-10-11-12-13-14-19-24(29)20(17-21(28)25(19)30)27-18-15-22(31-2)26(33-4)23(16-18)32-3/h15-17,27,29H,5-14H2,1-4H3. The van der Waals surface area contributed by atoms with E-state index in [9.17, 15) is 14.7 Å². The molecule has 1 aromatic rings. The molecule has 182 valence electrons. The number of ketones is 2. The summed E-state index contributed by atoms with van der Waals surface area (Å²) in [6.45, 7) is 2.21. The Morgan fingerprint density at radius 1 is 0.818 bits per heavy atom. The fourth-order valence-electron chi connectivity index (χ4n) is 3.93. The molecule has 0 heterocycles. The van der Waals surface area contributed by atoms with E-state index in [2.05, 4.69) is 12.2 Å². The van der Waals surface area contributed by atoms with Crippen molar-refractivity contribution in [3.05, 3.63) is 35.2 Å². The number of nitrogens with one attached hydrogen (secondary N) is 1. The first kappa shape index (κ1) is 26.3. The third-order valence-electron chi connectivity index (χ3n) is 5.79. The molecule has 1 aliphatic carbocycles. The Morgan fingerprint density at radius 3 is 1.88 bits per heavy atom. The van der Waals surface area contributed by atoms with Gasteiger partial charge in [0, 0.05) is 29.5 Å². The van der Waals surface area contributed by atoms with Crippen molar-refractivity contribution in [3.63, 3.8) is 0 Å². The SMILES string of the molecule is CCCCCCCCCCCC1=C(O)C(Nc2cc(OC)c(OC)c(OC)c2)=CC(=O)C1=O. The van der Waals surface area contributed by atoms with E-state index in [0.717, 1.165) is 25.3 Å². The van der Waals surface area contributed by atoms with Gasteiger partial charge in [-0.3, -0.25) is 9.59 Å². The van der Waals surface area contributed by atoms with E-state index in [1.807, 2.05) is 0 Å². The highest BCUT2D eigenvalue weighted by Gasteiger charge is 2.28. The van der Waals surface area contributed by atoms with Gasteiger partial charge in [-0.25, -0.2) is 0 Å². The lowest BCUT2D eigenvalue weighted by Crippen LogP contribution is -2.24. The van der Waals surface area contributed by atoms with Crippen LogP contribution in [0.15, 0.2) is 35.2 Å². The molecular formula is C26H37NO6. The van der Waals surface area contributed by atoms with Crippen LogP contribution in [0.2, 0.25) is 0 Å². The van der Waals surface area contributed by atoms with Crippen molar-refractivity contribution in [2.24, 2.45) is 0 Å². The number of anilines is 1. The fraction of sp³-hybridized carbons (Fsp3) is 0.538. The molecule has 0 atom stereocenters. The Kier molecular flexibility index (Phi) is 10.8. The van der Waals surface area contributed by atoms with Gasteiger partial charge >= 0.3 is 0 Å². The second kappa shape index (κ2) is 13.6. The van der Waals surface area contributed by atoms with Gasteiger partial charge in [0.15, 0.2) is 11.5 Å². The van der Waals surface area contributed by atoms with Crippen molar-refractivity contribution in [2.75, 3.05) is 26.6 Å². The normalized spacial score (nSPS) is 13.8. The van der Waals surface area contributed by atoms with E-state index < -0.39 is 11.6 Å². The average molecular weight is 460 g/mol. The number of aliphatic hydroxyl groups excluding tert-OH is 1. The van der Waals surface area contributed by atoms with Crippen molar-refractivity contribution in [3.8, 4) is 17.2 Å². The molecule has 0 aromatic heterocycles. The van der Waals surface area contributed by atoms with Crippen LogP contribution in [-0.4, -0.2) is 38.0 Å². The van der Waals surface area contributed by atoms with Gasteiger partial charge in [-0.1, -0.05) is 58.3 Å². The molecule has 0 amide bonds. The lowest BCUT2D eigenvalue weighted by molar-refractivity contribution is -0.132. The molecule has 0 fully saturated rings. The Hall–Kier alpha value is -2.96. The molecule has 0 saturated heterocycles. The molecule has 0 saturated carbocycles. The quantitative estimate of drug-likeness (QED) is 0.192. The minimum absolute atomic E-state index is 0.167. The number of aliphatic hydroxyl groups is 1. The maximum Gasteiger partial charge on any atom is 0.232 e. The summed E-state index contributed by atoms with van der Waals surface area (Å²) in [5.41, 5.74) is 0.868. The highest BCUT2D eigenvalue weighted by atomic mass is 16.5. The summed E-state index contributed by atoms with van der Waals surface area (Å²) in [6, 6.07) is 3.33. The second-order valence-corrected chi connectivity index (χ2v) is 8.20. The molecule has 7 nitrogen and oxygen atoms in total. The van der Waals surface area contributed by atoms with Gasteiger partial charge < -0.3 is 24.6 Å². The molecule has 7 heteroatoms. The molecule has 0 aliphatic heterocycles. The molecule has 0 bridgehead atoms. The number of hydrogen-bond donors (Lipinski definition) is 2. The number of Topliss-reactive ketones (excluding diaryl/α,β-unsaturated/α-hetero) is 1. The topological polar surface area (TPSA) is 94.1 Å². The van der Waals surface area contributed by atoms with E-state index in [1.165, 1.54) is 59.9 Å². The first-order valence-electron chi connectivity index (χ1n) is 11.8. The maximum atomic E-state index is 12.4. The Bertz CT molecular complexity index is 862. The number of ether oxygens (including phenoxy) is 3. The first-order valence-corrected chi connectivity index (χ1v) is 11.8. The Labute approximate surface area is 196 Å². The van der Waals surface area contributed by atoms with Gasteiger partial charge in [0.1, 0.15) is 5.76 Å². The number of benzene rings is 1. The summed E-state index contributed by atoms with van der Waals surface area (Å²) in [7, 11) is 4.52. The molecule has 33 heavy (non-hydrogen) atoms. The van der Waals surface area contributed by atoms with Gasteiger partial charge in [0.2, 0.25) is 17.3 Å². The zero-order valence-corrected chi connectivity index (χ0v) is 20.3. The molecule has 0 spiro atoms. The molecule has 1 aromatic carbocycles. The number of hydrogen-bond acceptors (Lipinski definition) is 7. The Morgan fingerprint density at radius 2 is 1.36 bits per heavy atom. The summed E-state index contributed by atoms with van der Waals surface area (Å²) < 4.78 is 16.0. The average Bonchev–Trinajstić information content (AvgIpc) is 2.82. The van der Waals surface area contributed by atoms with Crippen molar-refractivity contribution in [1.82, 2.24) is 0 Å². The predicted molar refractivity (Wildman–Crippen MR) is 129 cm³/mol. The van der Waals surface area contributed by atoms with Crippen molar-refractivity contribution in [1.29, 1.82) is 0 Å². The zero-order chi connectivity index (χ0) is 24.2. The summed E-state index contributed by atoms with van der Waals surface area (Å²) in [5, 5.41) is 13.8. The lowest BCUT2D eigenvalue weighted by Gasteiger charge is -2.19. The van der Waals surface area contributed by atoms with E-state index in [0.29, 0.717) is 29.4 Å². The molecule has 2 N–H and O–H groups in total. The van der Waals surface area contributed by atoms with E-state index in [4.69, 9.17) is 14.2 Å². The number of unbranched alkanes of at least 4 members (excludes halogenated alkanes) is 8. The fourth-order valence-corrected chi connectivity index (χ4v) is 3.93. The highest BCUT2D eigenvalue weighted by molar-refractivity contribution is 6.48. The second-order valence-electron chi connectivity index (χ2n) is 8.20. The van der Waals surface area contributed by atoms with Crippen LogP contribution >= 0.6 is 0 Å². The number of carbonyl (C=O) groups is 2. The molecular weight excluding hydrogens is 422 g/mol. The summed E-state index contributed by atoms with van der Waals surface area (Å²) >= 11 is 0. The van der Waals surface area contributed by atoms with Crippen LogP contribution in [0.3, 0.4) is 0 Å². The third-order valence-corrected chi connectivity index (χ3v) is 5.79. The lowest BCUT2D eigenvalue weighted by atomic mass is 9.93. The molecule has 0 radical (unpaired) electrons. The van der Waals surface area contributed by atoms with Crippen LogP contribution in [0.1, 0.15) is 71.1 Å². The van der Waals surface area contributed by atoms with E-state index in [-0.39, 0.29) is 17.0 Å². The minimum atomic E-state index is -0.645. The van der Waals surface area contributed by atoms with E-state index in [1.54, 1.807) is 12.1 Å². The maximum absolute atomic E-state index is 12.4.